The van der Waals surface area contributed by atoms with E-state index in [9.17, 15) is 0 Å². The van der Waals surface area contributed by atoms with Gasteiger partial charge in [0.25, 0.3) is 0 Å². The molecule has 0 bridgehead atoms. The first-order chi connectivity index (χ1) is 4.93. The number of hydrogen-bond donors (Lipinski definition) is 1. The van der Waals surface area contributed by atoms with Gasteiger partial charge in [-0.15, -0.1) is 0 Å². The molecule has 10 heavy (non-hydrogen) atoms. The second-order valence-electron chi connectivity index (χ2n) is 1.64. The van der Waals surface area contributed by atoms with E-state index < -0.39 is 0 Å². The lowest BCUT2D eigenvalue weighted by atomic mass is 10.4. The van der Waals surface area contributed by atoms with Crippen molar-refractivity contribution in [3.05, 3.63) is 30.8 Å². The van der Waals surface area contributed by atoms with Crippen LogP contribution < -0.4 is 0 Å². The first-order valence-electron chi connectivity index (χ1n) is 2.83. The van der Waals surface area contributed by atoms with Crippen LogP contribution in [0.4, 0.5) is 0 Å². The average molecular weight is 137 g/mol. The maximum atomic E-state index is 8.28. The van der Waals surface area contributed by atoms with Crippen LogP contribution in [0.15, 0.2) is 25.0 Å². The van der Waals surface area contributed by atoms with Crippen LogP contribution >= 0.6 is 0 Å². The highest BCUT2D eigenvalue weighted by molar-refractivity contribution is 4.90. The minimum absolute atomic E-state index is 0.541. The topological polar surface area (TPSA) is 58.9 Å². The van der Waals surface area contributed by atoms with Gasteiger partial charge in [0.1, 0.15) is 18.5 Å². The lowest BCUT2D eigenvalue weighted by Gasteiger charge is -1.88. The number of rotatable bonds is 2. The minimum Gasteiger partial charge on any atom is -0.516 e. The zero-order valence-corrected chi connectivity index (χ0v) is 5.31. The summed E-state index contributed by atoms with van der Waals surface area (Å²) in [5, 5.41) is 8.28. The molecule has 0 aliphatic rings. The molecule has 52 valence electrons. The Kier molecular flexibility index (Phi) is 2.37. The number of aliphatic hydroxyl groups excluding tert-OH is 1. The maximum Gasteiger partial charge on any atom is 0.135 e. The Hall–Kier alpha value is -1.45. The first kappa shape index (κ1) is 6.67. The third kappa shape index (κ3) is 1.81. The van der Waals surface area contributed by atoms with Crippen LogP contribution in [-0.4, -0.2) is 20.1 Å². The van der Waals surface area contributed by atoms with Crippen molar-refractivity contribution in [1.29, 1.82) is 0 Å². The SMILES string of the molecule is OC=CCc1ncncn1. The molecule has 4 nitrogen and oxygen atoms in total. The molecule has 0 saturated carbocycles. The van der Waals surface area contributed by atoms with Crippen LogP contribution in [0.5, 0.6) is 0 Å². The second kappa shape index (κ2) is 3.55. The van der Waals surface area contributed by atoms with Crippen molar-refractivity contribution in [2.45, 2.75) is 6.42 Å². The fourth-order valence-corrected chi connectivity index (χ4v) is 0.527. The molecule has 0 unspecified atom stereocenters. The molecule has 0 atom stereocenters. The standard InChI is InChI=1S/C6H7N3O/c10-3-1-2-6-8-4-7-5-9-6/h1,3-5,10H,2H2. The molecule has 0 fully saturated rings. The Morgan fingerprint density at radius 2 is 2.10 bits per heavy atom. The fourth-order valence-electron chi connectivity index (χ4n) is 0.527. The molecule has 1 heterocycles. The Morgan fingerprint density at radius 1 is 1.40 bits per heavy atom. The van der Waals surface area contributed by atoms with Crippen molar-refractivity contribution >= 4 is 0 Å². The molecule has 0 amide bonds. The Morgan fingerprint density at radius 3 is 2.70 bits per heavy atom. The summed E-state index contributed by atoms with van der Waals surface area (Å²) >= 11 is 0. The molecule has 1 aromatic rings. The van der Waals surface area contributed by atoms with Gasteiger partial charge in [-0.1, -0.05) is 0 Å². The van der Waals surface area contributed by atoms with Crippen LogP contribution in [0.2, 0.25) is 0 Å². The first-order valence-corrected chi connectivity index (χ1v) is 2.83. The van der Waals surface area contributed by atoms with Gasteiger partial charge in [-0.25, -0.2) is 15.0 Å². The van der Waals surface area contributed by atoms with Crippen LogP contribution in [0.1, 0.15) is 5.82 Å². The molecule has 0 aromatic carbocycles. The molecule has 0 aliphatic heterocycles. The predicted molar refractivity (Wildman–Crippen MR) is 35.3 cm³/mol. The Bertz CT molecular complexity index is 209. The molecular formula is C6H7N3O. The van der Waals surface area contributed by atoms with Gasteiger partial charge in [0.05, 0.1) is 6.26 Å². The molecule has 0 radical (unpaired) electrons. The number of aromatic nitrogens is 3. The van der Waals surface area contributed by atoms with Crippen molar-refractivity contribution in [2.24, 2.45) is 0 Å². The maximum absolute atomic E-state index is 8.28. The lowest BCUT2D eigenvalue weighted by Crippen LogP contribution is -1.91. The predicted octanol–water partition coefficient (Wildman–Crippen LogP) is 0.486. The van der Waals surface area contributed by atoms with Gasteiger partial charge in [0, 0.05) is 6.42 Å². The van der Waals surface area contributed by atoms with E-state index in [1.807, 2.05) is 0 Å². The van der Waals surface area contributed by atoms with Crippen LogP contribution in [0.25, 0.3) is 0 Å². The number of aliphatic hydroxyl groups is 1. The van der Waals surface area contributed by atoms with Gasteiger partial charge in [-0.05, 0) is 6.08 Å². The van der Waals surface area contributed by atoms with Crippen LogP contribution in [-0.2, 0) is 6.42 Å². The summed E-state index contributed by atoms with van der Waals surface area (Å²) in [5.74, 6) is 0.653. The van der Waals surface area contributed by atoms with Crippen molar-refractivity contribution in [3.8, 4) is 0 Å². The number of hydrogen-bond acceptors (Lipinski definition) is 4. The molecule has 0 spiro atoms. The zero-order valence-electron chi connectivity index (χ0n) is 5.31. The van der Waals surface area contributed by atoms with Gasteiger partial charge >= 0.3 is 0 Å². The summed E-state index contributed by atoms with van der Waals surface area (Å²) < 4.78 is 0. The van der Waals surface area contributed by atoms with Gasteiger partial charge in [0.15, 0.2) is 0 Å². The smallest absolute Gasteiger partial charge is 0.135 e. The summed E-state index contributed by atoms with van der Waals surface area (Å²) in [6, 6.07) is 0. The molecular weight excluding hydrogens is 130 g/mol. The van der Waals surface area contributed by atoms with E-state index >= 15 is 0 Å². The van der Waals surface area contributed by atoms with Crippen molar-refractivity contribution in [1.82, 2.24) is 15.0 Å². The van der Waals surface area contributed by atoms with Gasteiger partial charge < -0.3 is 5.11 Å². The zero-order chi connectivity index (χ0) is 7.23. The summed E-state index contributed by atoms with van der Waals surface area (Å²) in [6.07, 6.45) is 5.93. The summed E-state index contributed by atoms with van der Waals surface area (Å²) in [7, 11) is 0. The molecule has 4 heteroatoms. The van der Waals surface area contributed by atoms with E-state index in [4.69, 9.17) is 5.11 Å². The van der Waals surface area contributed by atoms with E-state index in [0.717, 1.165) is 6.26 Å². The largest absolute Gasteiger partial charge is 0.516 e. The second-order valence-corrected chi connectivity index (χ2v) is 1.64. The Balaban J connectivity index is 2.59. The van der Waals surface area contributed by atoms with Crippen LogP contribution in [0, 0.1) is 0 Å². The average Bonchev–Trinajstić information content (AvgIpc) is 2.03. The number of nitrogens with zero attached hydrogens (tertiary/aromatic N) is 3. The van der Waals surface area contributed by atoms with E-state index in [0.29, 0.717) is 12.2 Å². The van der Waals surface area contributed by atoms with Gasteiger partial charge in [-0.2, -0.15) is 0 Å². The normalized spacial score (nSPS) is 10.4. The lowest BCUT2D eigenvalue weighted by molar-refractivity contribution is 0.471. The van der Waals surface area contributed by atoms with Crippen molar-refractivity contribution in [3.63, 3.8) is 0 Å². The highest BCUT2D eigenvalue weighted by Gasteiger charge is 1.87. The number of allylic oxidation sites excluding steroid dienone is 1. The molecule has 1 rings (SSSR count). The summed E-state index contributed by atoms with van der Waals surface area (Å²) in [5.41, 5.74) is 0. The monoisotopic (exact) mass is 137 g/mol. The quantitative estimate of drug-likeness (QED) is 0.602. The highest BCUT2D eigenvalue weighted by Crippen LogP contribution is 1.86. The third-order valence-electron chi connectivity index (χ3n) is 0.953. The van der Waals surface area contributed by atoms with Crippen LogP contribution in [0.3, 0.4) is 0 Å². The van der Waals surface area contributed by atoms with Crippen molar-refractivity contribution in [2.75, 3.05) is 0 Å². The van der Waals surface area contributed by atoms with E-state index in [1.54, 1.807) is 6.08 Å². The molecule has 0 saturated heterocycles. The molecule has 0 aliphatic carbocycles. The minimum atomic E-state index is 0.541. The molecule has 1 aromatic heterocycles. The summed E-state index contributed by atoms with van der Waals surface area (Å²) in [4.78, 5) is 11.3. The Labute approximate surface area is 58.3 Å². The van der Waals surface area contributed by atoms with E-state index in [1.165, 1.54) is 12.7 Å². The third-order valence-corrected chi connectivity index (χ3v) is 0.953. The van der Waals surface area contributed by atoms with Gasteiger partial charge in [-0.3, -0.25) is 0 Å². The molecule has 1 N–H and O–H groups in total. The fraction of sp³-hybridized carbons (Fsp3) is 0.167. The highest BCUT2D eigenvalue weighted by atomic mass is 16.2. The summed E-state index contributed by atoms with van der Waals surface area (Å²) in [6.45, 7) is 0. The van der Waals surface area contributed by atoms with Gasteiger partial charge in [0.2, 0.25) is 0 Å². The van der Waals surface area contributed by atoms with E-state index in [-0.39, 0.29) is 0 Å². The van der Waals surface area contributed by atoms with Crippen molar-refractivity contribution < 1.29 is 5.11 Å². The van der Waals surface area contributed by atoms with E-state index in [2.05, 4.69) is 15.0 Å².